The average molecular weight is 647 g/mol. The second kappa shape index (κ2) is 13.3. The zero-order chi connectivity index (χ0) is 33.8. The Balaban J connectivity index is 1.65. The van der Waals surface area contributed by atoms with Gasteiger partial charge in [-0.25, -0.2) is 0 Å². The zero-order valence-electron chi connectivity index (χ0n) is 24.1. The Morgan fingerprint density at radius 3 is 1.20 bits per heavy atom. The lowest BCUT2D eigenvalue weighted by Gasteiger charge is -2.22. The first-order valence-electron chi connectivity index (χ1n) is 13.3. The molecular weight excluding hydrogens is 622 g/mol. The van der Waals surface area contributed by atoms with E-state index in [1.165, 1.54) is 72.4 Å². The van der Waals surface area contributed by atoms with Crippen molar-refractivity contribution in [2.24, 2.45) is 0 Å². The van der Waals surface area contributed by atoms with E-state index in [0.717, 1.165) is 24.3 Å². The Bertz CT molecular complexity index is 1640. The van der Waals surface area contributed by atoms with Crippen LogP contribution in [0.3, 0.4) is 0 Å². The predicted molar refractivity (Wildman–Crippen MR) is 153 cm³/mol. The normalized spacial score (nSPS) is 11.6. The van der Waals surface area contributed by atoms with Crippen molar-refractivity contribution in [3.05, 3.63) is 106 Å². The molecule has 0 unspecified atom stereocenters. The molecule has 46 heavy (non-hydrogen) atoms. The number of ether oxygens (including phenoxy) is 2. The Hall–Kier alpha value is -5.40. The third-order valence-electron chi connectivity index (χ3n) is 6.79. The van der Waals surface area contributed by atoms with Gasteiger partial charge in [-0.2, -0.15) is 0 Å². The van der Waals surface area contributed by atoms with Gasteiger partial charge in [-0.15, -0.1) is 26.3 Å². The summed E-state index contributed by atoms with van der Waals surface area (Å²) in [5.74, 6) is -2.10. The lowest BCUT2D eigenvalue weighted by Crippen LogP contribution is -2.28. The molecule has 0 aliphatic carbocycles. The number of alkyl halides is 6. The second-order valence-corrected chi connectivity index (χ2v) is 10.1. The minimum atomic E-state index is -4.87. The van der Waals surface area contributed by atoms with Gasteiger partial charge in [0.15, 0.2) is 12.6 Å². The van der Waals surface area contributed by atoms with Crippen LogP contribution in [-0.2, 0) is 13.1 Å². The molecule has 8 nitrogen and oxygen atoms in total. The molecule has 0 bridgehead atoms. The highest BCUT2D eigenvalue weighted by molar-refractivity contribution is 6.21. The number of amides is 2. The number of halogens is 6. The molecule has 0 fully saturated rings. The van der Waals surface area contributed by atoms with E-state index >= 15 is 0 Å². The summed E-state index contributed by atoms with van der Waals surface area (Å²) in [6, 6.07) is 15.1. The molecule has 4 aromatic rings. The van der Waals surface area contributed by atoms with Gasteiger partial charge in [0.1, 0.15) is 11.5 Å². The maximum absolute atomic E-state index is 13.6. The van der Waals surface area contributed by atoms with Gasteiger partial charge in [0.25, 0.3) is 11.8 Å². The molecule has 0 aromatic heterocycles. The van der Waals surface area contributed by atoms with Gasteiger partial charge in [-0.3, -0.25) is 19.2 Å². The highest BCUT2D eigenvalue weighted by Gasteiger charge is 2.32. The monoisotopic (exact) mass is 646 g/mol. The molecule has 2 amide bonds. The van der Waals surface area contributed by atoms with Crippen LogP contribution >= 0.6 is 0 Å². The Morgan fingerprint density at radius 1 is 0.587 bits per heavy atom. The smallest absolute Gasteiger partial charge is 0.406 e. The van der Waals surface area contributed by atoms with Gasteiger partial charge < -0.3 is 19.3 Å². The topological polar surface area (TPSA) is 93.2 Å². The van der Waals surface area contributed by atoms with Crippen LogP contribution < -0.4 is 9.47 Å². The quantitative estimate of drug-likeness (QED) is 0.139. The molecule has 0 spiro atoms. The number of benzene rings is 4. The van der Waals surface area contributed by atoms with E-state index in [-0.39, 0.29) is 46.1 Å². The average Bonchev–Trinajstić information content (AvgIpc) is 2.99. The Morgan fingerprint density at radius 2 is 0.913 bits per heavy atom. The van der Waals surface area contributed by atoms with Crippen LogP contribution in [0.1, 0.15) is 52.6 Å². The fraction of sp³-hybridized carbons (Fsp3) is 0.188. The van der Waals surface area contributed by atoms with E-state index < -0.39 is 36.0 Å². The highest BCUT2D eigenvalue weighted by atomic mass is 19.4. The van der Waals surface area contributed by atoms with Crippen LogP contribution in [0.25, 0.3) is 10.8 Å². The third kappa shape index (κ3) is 8.00. The van der Waals surface area contributed by atoms with E-state index in [4.69, 9.17) is 0 Å². The van der Waals surface area contributed by atoms with Crippen LogP contribution in [0.15, 0.2) is 72.8 Å². The third-order valence-corrected chi connectivity index (χ3v) is 6.79. The van der Waals surface area contributed by atoms with Gasteiger partial charge in [0.05, 0.1) is 0 Å². The molecule has 0 atom stereocenters. The van der Waals surface area contributed by atoms with Crippen molar-refractivity contribution in [3.63, 3.8) is 0 Å². The van der Waals surface area contributed by atoms with Gasteiger partial charge in [-0.1, -0.05) is 36.4 Å². The van der Waals surface area contributed by atoms with Crippen molar-refractivity contribution >= 4 is 35.2 Å². The van der Waals surface area contributed by atoms with E-state index in [2.05, 4.69) is 9.47 Å². The summed E-state index contributed by atoms with van der Waals surface area (Å²) in [6.07, 6.45) is -8.80. The van der Waals surface area contributed by atoms with Crippen LogP contribution in [0.4, 0.5) is 26.3 Å². The molecule has 4 aromatic carbocycles. The van der Waals surface area contributed by atoms with Gasteiger partial charge in [-0.05, 0) is 47.5 Å². The molecule has 0 heterocycles. The number of aldehydes is 2. The Labute approximate surface area is 257 Å². The van der Waals surface area contributed by atoms with E-state index in [1.807, 2.05) is 0 Å². The fourth-order valence-electron chi connectivity index (χ4n) is 4.80. The summed E-state index contributed by atoms with van der Waals surface area (Å²) in [6.45, 7) is -0.0979. The molecule has 0 aliphatic heterocycles. The summed E-state index contributed by atoms with van der Waals surface area (Å²) in [4.78, 5) is 53.9. The van der Waals surface area contributed by atoms with Crippen LogP contribution in [-0.4, -0.2) is 61.0 Å². The predicted octanol–water partition coefficient (Wildman–Crippen LogP) is 6.81. The number of nitrogens with zero attached hydrogens (tertiary/aromatic N) is 2. The van der Waals surface area contributed by atoms with Crippen molar-refractivity contribution in [2.75, 3.05) is 14.1 Å². The SMILES string of the molecule is CN(Cc1ccc(OC(F)(F)F)cc1)C(=O)c1ccc(C(=O)N(C)Cc2ccc(OC(F)(F)F)cc2)c2c(C=O)ccc(C=O)c12. The van der Waals surface area contributed by atoms with Gasteiger partial charge in [0, 0.05) is 60.2 Å². The number of rotatable bonds is 10. The fourth-order valence-corrected chi connectivity index (χ4v) is 4.80. The maximum atomic E-state index is 13.6. The maximum Gasteiger partial charge on any atom is 0.573 e. The van der Waals surface area contributed by atoms with Gasteiger partial charge >= 0.3 is 12.7 Å². The van der Waals surface area contributed by atoms with E-state index in [1.54, 1.807) is 0 Å². The number of carbonyl (C=O) groups excluding carboxylic acids is 4. The standard InChI is InChI=1S/C32H24F6N2O6/c1-39(15-19-3-9-23(10-4-19)45-31(33,34)35)29(43)25-13-14-26(28-22(18-42)8-7-21(17-41)27(25)28)30(44)40(2)16-20-5-11-24(12-6-20)46-32(36,37)38/h3-14,17-18H,15-16H2,1-2H3. The van der Waals surface area contributed by atoms with Crippen molar-refractivity contribution in [1.29, 1.82) is 0 Å². The van der Waals surface area contributed by atoms with Crippen molar-refractivity contribution in [1.82, 2.24) is 9.80 Å². The van der Waals surface area contributed by atoms with Crippen LogP contribution in [0, 0.1) is 0 Å². The lowest BCUT2D eigenvalue weighted by molar-refractivity contribution is -0.275. The van der Waals surface area contributed by atoms with Crippen LogP contribution in [0.2, 0.25) is 0 Å². The zero-order valence-corrected chi connectivity index (χ0v) is 24.1. The number of carbonyl (C=O) groups is 4. The number of hydrogen-bond donors (Lipinski definition) is 0. The summed E-state index contributed by atoms with van der Waals surface area (Å²) in [5, 5.41) is 0.0801. The van der Waals surface area contributed by atoms with Crippen molar-refractivity contribution in [2.45, 2.75) is 25.8 Å². The first-order chi connectivity index (χ1) is 21.6. The first-order valence-corrected chi connectivity index (χ1v) is 13.3. The van der Waals surface area contributed by atoms with Crippen LogP contribution in [0.5, 0.6) is 11.5 Å². The molecule has 14 heteroatoms. The molecule has 0 saturated carbocycles. The number of fused-ring (bicyclic) bond motifs is 1. The second-order valence-electron chi connectivity index (χ2n) is 10.1. The summed E-state index contributed by atoms with van der Waals surface area (Å²) >= 11 is 0. The van der Waals surface area contributed by atoms with Gasteiger partial charge in [0.2, 0.25) is 0 Å². The van der Waals surface area contributed by atoms with Crippen molar-refractivity contribution < 1.29 is 55.0 Å². The summed E-state index contributed by atoms with van der Waals surface area (Å²) < 4.78 is 82.6. The van der Waals surface area contributed by atoms with E-state index in [9.17, 15) is 45.5 Å². The molecule has 4 rings (SSSR count). The highest BCUT2D eigenvalue weighted by Crippen LogP contribution is 2.31. The van der Waals surface area contributed by atoms with E-state index in [0.29, 0.717) is 23.7 Å². The minimum Gasteiger partial charge on any atom is -0.406 e. The molecule has 240 valence electrons. The molecule has 0 N–H and O–H groups in total. The summed E-state index contributed by atoms with van der Waals surface area (Å²) in [5.41, 5.74) is 0.933. The van der Waals surface area contributed by atoms with Crippen molar-refractivity contribution in [3.8, 4) is 11.5 Å². The minimum absolute atomic E-state index is 0.0141. The Kier molecular flexibility index (Phi) is 9.69. The molecular formula is C32H24F6N2O6. The summed E-state index contributed by atoms with van der Waals surface area (Å²) in [7, 11) is 2.85. The molecule has 0 radical (unpaired) electrons. The number of hydrogen-bond acceptors (Lipinski definition) is 6. The molecule has 0 aliphatic rings. The molecule has 0 saturated heterocycles. The first kappa shape index (κ1) is 33.5. The largest absolute Gasteiger partial charge is 0.573 e. The lowest BCUT2D eigenvalue weighted by atomic mass is 9.91.